The van der Waals surface area contributed by atoms with Crippen LogP contribution in [-0.4, -0.2) is 23.6 Å². The highest BCUT2D eigenvalue weighted by molar-refractivity contribution is 5.44. The number of pyridine rings is 2. The molecule has 0 saturated carbocycles. The van der Waals surface area contributed by atoms with Crippen LogP contribution in [-0.2, 0) is 6.42 Å². The van der Waals surface area contributed by atoms with Crippen LogP contribution in [0.5, 0.6) is 0 Å². The van der Waals surface area contributed by atoms with Crippen LogP contribution in [0.15, 0.2) is 42.7 Å². The molecule has 4 nitrogen and oxygen atoms in total. The molecule has 0 bridgehead atoms. The summed E-state index contributed by atoms with van der Waals surface area (Å²) < 4.78 is 0. The summed E-state index contributed by atoms with van der Waals surface area (Å²) in [6.07, 6.45) is 4.31. The van der Waals surface area contributed by atoms with Crippen molar-refractivity contribution in [1.29, 1.82) is 5.26 Å². The van der Waals surface area contributed by atoms with Gasteiger partial charge in [-0.25, -0.2) is 4.98 Å². The third kappa shape index (κ3) is 3.05. The molecule has 0 aliphatic heterocycles. The van der Waals surface area contributed by atoms with Crippen molar-refractivity contribution in [3.8, 4) is 6.07 Å². The van der Waals surface area contributed by atoms with Crippen LogP contribution in [0, 0.1) is 11.3 Å². The molecule has 4 heteroatoms. The van der Waals surface area contributed by atoms with Crippen LogP contribution in [0.4, 0.5) is 5.82 Å². The minimum Gasteiger partial charge on any atom is -0.359 e. The predicted octanol–water partition coefficient (Wildman–Crippen LogP) is 2.03. The summed E-state index contributed by atoms with van der Waals surface area (Å²) in [5.74, 6) is 0.810. The average molecular weight is 238 g/mol. The van der Waals surface area contributed by atoms with E-state index in [-0.39, 0.29) is 0 Å². The molecule has 90 valence electrons. The van der Waals surface area contributed by atoms with Crippen LogP contribution in [0.25, 0.3) is 0 Å². The molecule has 0 N–H and O–H groups in total. The Hall–Kier alpha value is -2.41. The summed E-state index contributed by atoms with van der Waals surface area (Å²) in [7, 11) is 1.96. The van der Waals surface area contributed by atoms with Gasteiger partial charge in [-0.3, -0.25) is 4.98 Å². The number of rotatable bonds is 4. The summed E-state index contributed by atoms with van der Waals surface area (Å²) in [4.78, 5) is 10.6. The van der Waals surface area contributed by atoms with Gasteiger partial charge < -0.3 is 4.90 Å². The lowest BCUT2D eigenvalue weighted by atomic mass is 10.2. The first kappa shape index (κ1) is 12.1. The Kier molecular flexibility index (Phi) is 3.87. The molecular formula is C14H14N4. The molecule has 2 aromatic heterocycles. The lowest BCUT2D eigenvalue weighted by Gasteiger charge is -2.17. The number of hydrogen-bond acceptors (Lipinski definition) is 4. The quantitative estimate of drug-likeness (QED) is 0.817. The second kappa shape index (κ2) is 5.78. The highest BCUT2D eigenvalue weighted by atomic mass is 15.2. The van der Waals surface area contributed by atoms with Gasteiger partial charge in [0.1, 0.15) is 5.82 Å². The van der Waals surface area contributed by atoms with Gasteiger partial charge >= 0.3 is 0 Å². The van der Waals surface area contributed by atoms with Gasteiger partial charge in [-0.2, -0.15) is 5.26 Å². The van der Waals surface area contributed by atoms with E-state index < -0.39 is 0 Å². The molecule has 0 fully saturated rings. The molecule has 0 aliphatic carbocycles. The van der Waals surface area contributed by atoms with Crippen molar-refractivity contribution in [2.45, 2.75) is 6.42 Å². The van der Waals surface area contributed by atoms with Crippen molar-refractivity contribution >= 4 is 5.82 Å². The number of nitrogens with zero attached hydrogens (tertiary/aromatic N) is 4. The fourth-order valence-electron chi connectivity index (χ4n) is 1.64. The average Bonchev–Trinajstić information content (AvgIpc) is 2.46. The number of anilines is 1. The monoisotopic (exact) mass is 238 g/mol. The van der Waals surface area contributed by atoms with E-state index in [0.717, 1.165) is 24.5 Å². The molecule has 0 saturated heterocycles. The number of hydrogen-bond donors (Lipinski definition) is 0. The Morgan fingerprint density at radius 2 is 2.11 bits per heavy atom. The molecule has 18 heavy (non-hydrogen) atoms. The van der Waals surface area contributed by atoms with Crippen molar-refractivity contribution in [2.75, 3.05) is 18.5 Å². The molecular weight excluding hydrogens is 224 g/mol. The SMILES string of the molecule is CN(CCc1ccccn1)c1cc(C#N)ccn1. The topological polar surface area (TPSA) is 52.8 Å². The Morgan fingerprint density at radius 1 is 1.22 bits per heavy atom. The van der Waals surface area contributed by atoms with Crippen LogP contribution in [0.1, 0.15) is 11.3 Å². The zero-order valence-corrected chi connectivity index (χ0v) is 10.2. The van der Waals surface area contributed by atoms with Gasteiger partial charge in [0.2, 0.25) is 0 Å². The summed E-state index contributed by atoms with van der Waals surface area (Å²) in [5.41, 5.74) is 1.69. The maximum atomic E-state index is 8.85. The van der Waals surface area contributed by atoms with Crippen molar-refractivity contribution < 1.29 is 0 Å². The number of aromatic nitrogens is 2. The van der Waals surface area contributed by atoms with Gasteiger partial charge in [0.05, 0.1) is 11.6 Å². The minimum atomic E-state index is 0.629. The van der Waals surface area contributed by atoms with E-state index in [1.807, 2.05) is 30.1 Å². The predicted molar refractivity (Wildman–Crippen MR) is 70.2 cm³/mol. The molecule has 0 atom stereocenters. The third-order valence-corrected chi connectivity index (χ3v) is 2.70. The van der Waals surface area contributed by atoms with E-state index in [9.17, 15) is 0 Å². The molecule has 2 heterocycles. The van der Waals surface area contributed by atoms with Gasteiger partial charge in [-0.15, -0.1) is 0 Å². The molecule has 0 amide bonds. The van der Waals surface area contributed by atoms with Crippen molar-refractivity contribution in [1.82, 2.24) is 9.97 Å². The molecule has 0 spiro atoms. The van der Waals surface area contributed by atoms with E-state index in [0.29, 0.717) is 5.56 Å². The molecule has 2 rings (SSSR count). The highest BCUT2D eigenvalue weighted by Gasteiger charge is 2.04. The van der Waals surface area contributed by atoms with E-state index in [4.69, 9.17) is 5.26 Å². The lowest BCUT2D eigenvalue weighted by molar-refractivity contribution is 0.839. The van der Waals surface area contributed by atoms with Gasteiger partial charge in [0.15, 0.2) is 0 Å². The fourth-order valence-corrected chi connectivity index (χ4v) is 1.64. The van der Waals surface area contributed by atoms with E-state index in [1.165, 1.54) is 0 Å². The molecule has 2 aromatic rings. The molecule has 0 aliphatic rings. The van der Waals surface area contributed by atoms with E-state index in [1.54, 1.807) is 24.5 Å². The maximum absolute atomic E-state index is 8.85. The first-order valence-electron chi connectivity index (χ1n) is 5.77. The number of likely N-dealkylation sites (N-methyl/N-ethyl adjacent to an activating group) is 1. The van der Waals surface area contributed by atoms with Gasteiger partial charge in [0.25, 0.3) is 0 Å². The Balaban J connectivity index is 1.99. The van der Waals surface area contributed by atoms with Crippen molar-refractivity contribution in [2.24, 2.45) is 0 Å². The molecule has 0 radical (unpaired) electrons. The largest absolute Gasteiger partial charge is 0.359 e. The standard InChI is InChI=1S/C14H14N4/c1-18(9-6-13-4-2-3-7-16-13)14-10-12(11-15)5-8-17-14/h2-5,7-8,10H,6,9H2,1H3. The van der Waals surface area contributed by atoms with E-state index >= 15 is 0 Å². The lowest BCUT2D eigenvalue weighted by Crippen LogP contribution is -2.21. The maximum Gasteiger partial charge on any atom is 0.129 e. The first-order chi connectivity index (χ1) is 8.79. The van der Waals surface area contributed by atoms with Crippen LogP contribution < -0.4 is 4.90 Å². The summed E-state index contributed by atoms with van der Waals surface area (Å²) in [5, 5.41) is 8.85. The van der Waals surface area contributed by atoms with E-state index in [2.05, 4.69) is 16.0 Å². The summed E-state index contributed by atoms with van der Waals surface area (Å²) in [6, 6.07) is 11.5. The molecule has 0 aromatic carbocycles. The fraction of sp³-hybridized carbons (Fsp3) is 0.214. The zero-order chi connectivity index (χ0) is 12.8. The Labute approximate surface area is 107 Å². The van der Waals surface area contributed by atoms with Crippen LogP contribution in [0.3, 0.4) is 0 Å². The van der Waals surface area contributed by atoms with Crippen LogP contribution in [0.2, 0.25) is 0 Å². The number of nitriles is 1. The smallest absolute Gasteiger partial charge is 0.129 e. The normalized spacial score (nSPS) is 9.78. The Bertz CT molecular complexity index is 545. The highest BCUT2D eigenvalue weighted by Crippen LogP contribution is 2.10. The third-order valence-electron chi connectivity index (χ3n) is 2.70. The first-order valence-corrected chi connectivity index (χ1v) is 5.77. The van der Waals surface area contributed by atoms with Gasteiger partial charge in [-0.05, 0) is 24.3 Å². The van der Waals surface area contributed by atoms with Crippen molar-refractivity contribution in [3.63, 3.8) is 0 Å². The second-order valence-corrected chi connectivity index (χ2v) is 4.01. The Morgan fingerprint density at radius 3 is 2.83 bits per heavy atom. The summed E-state index contributed by atoms with van der Waals surface area (Å²) in [6.45, 7) is 0.818. The second-order valence-electron chi connectivity index (χ2n) is 4.01. The van der Waals surface area contributed by atoms with Crippen LogP contribution >= 0.6 is 0 Å². The molecule has 0 unspecified atom stereocenters. The zero-order valence-electron chi connectivity index (χ0n) is 10.2. The van der Waals surface area contributed by atoms with Gasteiger partial charge in [0, 0.05) is 38.1 Å². The summed E-state index contributed by atoms with van der Waals surface area (Å²) >= 11 is 0. The van der Waals surface area contributed by atoms with Gasteiger partial charge in [-0.1, -0.05) is 6.07 Å². The van der Waals surface area contributed by atoms with Crippen molar-refractivity contribution in [3.05, 3.63) is 54.0 Å². The minimum absolute atomic E-state index is 0.629.